The number of carboxylic acid groups (broad SMARTS) is 1. The maximum atomic E-state index is 12.2. The molecule has 0 bridgehead atoms. The van der Waals surface area contributed by atoms with Crippen molar-refractivity contribution >= 4 is 12.1 Å². The van der Waals surface area contributed by atoms with Crippen LogP contribution in [0.25, 0.3) is 0 Å². The molecule has 0 aromatic heterocycles. The summed E-state index contributed by atoms with van der Waals surface area (Å²) in [6.45, 7) is 6.65. The van der Waals surface area contributed by atoms with Gasteiger partial charge in [-0.2, -0.15) is 0 Å². The summed E-state index contributed by atoms with van der Waals surface area (Å²) in [4.78, 5) is 25.3. The Morgan fingerprint density at radius 3 is 2.48 bits per heavy atom. The molecule has 6 heteroatoms. The number of benzene rings is 1. The normalized spacial score (nSPS) is 20.7. The number of hydrogen-bond acceptors (Lipinski definition) is 4. The number of carbonyl (C=O) groups is 2. The van der Waals surface area contributed by atoms with E-state index in [0.717, 1.165) is 43.4 Å². The van der Waals surface area contributed by atoms with Gasteiger partial charge in [-0.05, 0) is 63.3 Å². The molecular weight excluding hydrogens is 346 g/mol. The van der Waals surface area contributed by atoms with E-state index in [0.29, 0.717) is 24.6 Å². The van der Waals surface area contributed by atoms with Gasteiger partial charge < -0.3 is 19.5 Å². The average molecular weight is 375 g/mol. The Hall–Kier alpha value is -2.24. The zero-order chi connectivity index (χ0) is 19.6. The third-order valence-electron chi connectivity index (χ3n) is 5.14. The number of nitrogens with zero attached hydrogens (tertiary/aromatic N) is 1. The highest BCUT2D eigenvalue weighted by Gasteiger charge is 2.32. The lowest BCUT2D eigenvalue weighted by molar-refractivity contribution is 0.0275. The molecule has 1 aromatic rings. The first-order valence-electron chi connectivity index (χ1n) is 9.75. The molecule has 2 aliphatic rings. The molecule has 0 radical (unpaired) electrons. The molecule has 148 valence electrons. The van der Waals surface area contributed by atoms with Crippen LogP contribution in [-0.4, -0.2) is 46.9 Å². The fraction of sp³-hybridized carbons (Fsp3) is 0.619. The molecule has 2 fully saturated rings. The van der Waals surface area contributed by atoms with Crippen molar-refractivity contribution in [2.75, 3.05) is 13.1 Å². The van der Waals surface area contributed by atoms with E-state index in [9.17, 15) is 14.7 Å². The Morgan fingerprint density at radius 2 is 1.85 bits per heavy atom. The van der Waals surface area contributed by atoms with Gasteiger partial charge in [0.15, 0.2) is 0 Å². The monoisotopic (exact) mass is 375 g/mol. The number of likely N-dealkylation sites (tertiary alicyclic amines) is 1. The van der Waals surface area contributed by atoms with Gasteiger partial charge in [-0.3, -0.25) is 0 Å². The van der Waals surface area contributed by atoms with Crippen LogP contribution in [0.5, 0.6) is 5.75 Å². The second-order valence-electron chi connectivity index (χ2n) is 8.49. The highest BCUT2D eigenvalue weighted by Crippen LogP contribution is 2.40. The Balaban J connectivity index is 1.70. The molecule has 27 heavy (non-hydrogen) atoms. The van der Waals surface area contributed by atoms with Crippen molar-refractivity contribution in [1.29, 1.82) is 0 Å². The first-order valence-corrected chi connectivity index (χ1v) is 9.75. The maximum absolute atomic E-state index is 12.2. The van der Waals surface area contributed by atoms with Crippen LogP contribution < -0.4 is 4.74 Å². The first-order chi connectivity index (χ1) is 12.7. The van der Waals surface area contributed by atoms with Crippen LogP contribution in [0.1, 0.15) is 74.7 Å². The number of carbonyl (C=O) groups excluding carboxylic acids is 1. The Labute approximate surface area is 160 Å². The van der Waals surface area contributed by atoms with Crippen LogP contribution in [0.15, 0.2) is 18.2 Å². The van der Waals surface area contributed by atoms with E-state index in [1.54, 1.807) is 23.1 Å². The molecule has 1 amide bonds. The fourth-order valence-electron chi connectivity index (χ4n) is 3.84. The van der Waals surface area contributed by atoms with Gasteiger partial charge in [0, 0.05) is 13.0 Å². The van der Waals surface area contributed by atoms with Gasteiger partial charge in [-0.1, -0.05) is 12.8 Å². The zero-order valence-electron chi connectivity index (χ0n) is 16.4. The highest BCUT2D eigenvalue weighted by atomic mass is 16.6. The fourth-order valence-corrected chi connectivity index (χ4v) is 3.84. The Morgan fingerprint density at radius 1 is 1.15 bits per heavy atom. The standard InChI is InChI=1S/C21H29NO5/c1-21(2,3)27-20(25)22-11-10-16(13-22)26-18-9-8-15(19(23)24)12-17(18)14-6-4-5-7-14/h8-9,12,14,16H,4-7,10-11,13H2,1-3H3,(H,23,24)/t16-/m0/s1. The molecule has 1 aliphatic carbocycles. The summed E-state index contributed by atoms with van der Waals surface area (Å²) in [6, 6.07) is 5.12. The minimum Gasteiger partial charge on any atom is -0.488 e. The summed E-state index contributed by atoms with van der Waals surface area (Å²) in [7, 11) is 0. The lowest BCUT2D eigenvalue weighted by atomic mass is 9.95. The van der Waals surface area contributed by atoms with E-state index in [4.69, 9.17) is 9.47 Å². The second kappa shape index (κ2) is 7.79. The van der Waals surface area contributed by atoms with Crippen molar-refractivity contribution in [2.24, 2.45) is 0 Å². The molecule has 1 saturated heterocycles. The number of aromatic carboxylic acids is 1. The molecule has 1 aliphatic heterocycles. The molecule has 3 rings (SSSR count). The van der Waals surface area contributed by atoms with E-state index in [1.165, 1.54) is 0 Å². The van der Waals surface area contributed by atoms with Crippen LogP contribution >= 0.6 is 0 Å². The predicted octanol–water partition coefficient (Wildman–Crippen LogP) is 4.43. The summed E-state index contributed by atoms with van der Waals surface area (Å²) >= 11 is 0. The lowest BCUT2D eigenvalue weighted by Gasteiger charge is -2.24. The summed E-state index contributed by atoms with van der Waals surface area (Å²) < 4.78 is 11.7. The minimum atomic E-state index is -0.919. The molecule has 1 N–H and O–H groups in total. The summed E-state index contributed by atoms with van der Waals surface area (Å²) in [5, 5.41) is 9.32. The van der Waals surface area contributed by atoms with Crippen LogP contribution in [0, 0.1) is 0 Å². The molecule has 6 nitrogen and oxygen atoms in total. The smallest absolute Gasteiger partial charge is 0.410 e. The van der Waals surface area contributed by atoms with Gasteiger partial charge in [-0.25, -0.2) is 9.59 Å². The first kappa shape index (κ1) is 19.5. The van der Waals surface area contributed by atoms with Crippen molar-refractivity contribution in [2.45, 2.75) is 70.5 Å². The third kappa shape index (κ3) is 4.93. The largest absolute Gasteiger partial charge is 0.488 e. The molecular formula is C21H29NO5. The van der Waals surface area contributed by atoms with Crippen molar-refractivity contribution in [1.82, 2.24) is 4.90 Å². The number of carboxylic acids is 1. The maximum Gasteiger partial charge on any atom is 0.410 e. The van der Waals surface area contributed by atoms with Crippen molar-refractivity contribution in [3.63, 3.8) is 0 Å². The van der Waals surface area contributed by atoms with Gasteiger partial charge in [-0.15, -0.1) is 0 Å². The van der Waals surface area contributed by atoms with Gasteiger partial charge >= 0.3 is 12.1 Å². The molecule has 1 heterocycles. The van der Waals surface area contributed by atoms with Gasteiger partial charge in [0.1, 0.15) is 17.5 Å². The zero-order valence-corrected chi connectivity index (χ0v) is 16.4. The van der Waals surface area contributed by atoms with Gasteiger partial charge in [0.25, 0.3) is 0 Å². The van der Waals surface area contributed by atoms with E-state index >= 15 is 0 Å². The predicted molar refractivity (Wildman–Crippen MR) is 101 cm³/mol. The number of rotatable bonds is 4. The van der Waals surface area contributed by atoms with E-state index in [-0.39, 0.29) is 12.2 Å². The average Bonchev–Trinajstić information content (AvgIpc) is 3.25. The Bertz CT molecular complexity index is 703. The van der Waals surface area contributed by atoms with E-state index < -0.39 is 11.6 Å². The third-order valence-corrected chi connectivity index (χ3v) is 5.14. The molecule has 1 aromatic carbocycles. The number of hydrogen-bond donors (Lipinski definition) is 1. The lowest BCUT2D eigenvalue weighted by Crippen LogP contribution is -2.36. The van der Waals surface area contributed by atoms with Crippen LogP contribution in [0.4, 0.5) is 4.79 Å². The van der Waals surface area contributed by atoms with E-state index in [2.05, 4.69) is 0 Å². The molecule has 1 atom stereocenters. The SMILES string of the molecule is CC(C)(C)OC(=O)N1CC[C@H](Oc2ccc(C(=O)O)cc2C2CCCC2)C1. The topological polar surface area (TPSA) is 76.1 Å². The highest BCUT2D eigenvalue weighted by molar-refractivity contribution is 5.88. The Kier molecular flexibility index (Phi) is 5.63. The van der Waals surface area contributed by atoms with Gasteiger partial charge in [0.2, 0.25) is 0 Å². The van der Waals surface area contributed by atoms with Crippen LogP contribution in [0.3, 0.4) is 0 Å². The van der Waals surface area contributed by atoms with Crippen molar-refractivity contribution in [3.05, 3.63) is 29.3 Å². The molecule has 0 spiro atoms. The van der Waals surface area contributed by atoms with Gasteiger partial charge in [0.05, 0.1) is 12.1 Å². The minimum absolute atomic E-state index is 0.103. The number of ether oxygens (including phenoxy) is 2. The van der Waals surface area contributed by atoms with Crippen molar-refractivity contribution < 1.29 is 24.2 Å². The van der Waals surface area contributed by atoms with E-state index in [1.807, 2.05) is 20.8 Å². The molecule has 0 unspecified atom stereocenters. The van der Waals surface area contributed by atoms with Crippen LogP contribution in [-0.2, 0) is 4.74 Å². The quantitative estimate of drug-likeness (QED) is 0.842. The van der Waals surface area contributed by atoms with Crippen molar-refractivity contribution in [3.8, 4) is 5.75 Å². The summed E-state index contributed by atoms with van der Waals surface area (Å²) in [5.41, 5.74) is 0.771. The number of amides is 1. The summed E-state index contributed by atoms with van der Waals surface area (Å²) in [6.07, 6.45) is 4.78. The molecule has 1 saturated carbocycles. The van der Waals surface area contributed by atoms with Crippen LogP contribution in [0.2, 0.25) is 0 Å². The second-order valence-corrected chi connectivity index (χ2v) is 8.49. The summed E-state index contributed by atoms with van der Waals surface area (Å²) in [5.74, 6) is 0.184.